The molecule has 0 fully saturated rings. The lowest BCUT2D eigenvalue weighted by molar-refractivity contribution is -0.806. The Morgan fingerprint density at radius 3 is 3.08 bits per heavy atom. The maximum Gasteiger partial charge on any atom is 0.210 e. The fourth-order valence-electron chi connectivity index (χ4n) is 0.726. The Morgan fingerprint density at radius 2 is 2.58 bits per heavy atom. The van der Waals surface area contributed by atoms with Gasteiger partial charge in [0.2, 0.25) is 6.34 Å². The fraction of sp³-hybridized carbons (Fsp3) is 0.833. The number of nitrogens with zero attached hydrogens (tertiary/aromatic N) is 2. The Morgan fingerprint density at radius 1 is 1.83 bits per heavy atom. The Hall–Kier alpha value is -0.690. The van der Waals surface area contributed by atoms with Crippen molar-refractivity contribution in [1.29, 1.82) is 0 Å². The van der Waals surface area contributed by atoms with Crippen LogP contribution in [0.5, 0.6) is 0 Å². The second-order valence-electron chi connectivity index (χ2n) is 2.61. The number of ether oxygens (including phenoxy) is 2. The third-order valence-corrected chi connectivity index (χ3v) is 1.56. The van der Waals surface area contributed by atoms with Crippen LogP contribution in [0.2, 0.25) is 0 Å². The van der Waals surface area contributed by atoms with E-state index in [1.165, 1.54) is 13.4 Å². The molecule has 70 valence electrons. The van der Waals surface area contributed by atoms with Gasteiger partial charge in [-0.3, -0.25) is 10.1 Å². The summed E-state index contributed by atoms with van der Waals surface area (Å²) in [5.41, 5.74) is 2.56. The monoisotopic (exact) mass is 175 g/mol. The maximum absolute atomic E-state index is 11.5. The average Bonchev–Trinajstić information content (AvgIpc) is 2.49. The highest BCUT2D eigenvalue weighted by Gasteiger charge is 2.19. The van der Waals surface area contributed by atoms with Gasteiger partial charge >= 0.3 is 0 Å². The molecule has 1 aliphatic heterocycles. The second kappa shape index (κ2) is 3.81. The maximum atomic E-state index is 11.5. The Labute approximate surface area is 70.9 Å². The smallest absolute Gasteiger partial charge is 0.210 e. The topological polar surface area (TPSA) is 65.9 Å². The van der Waals surface area contributed by atoms with E-state index in [4.69, 9.17) is 9.47 Å². The van der Waals surface area contributed by atoms with Crippen LogP contribution in [0.25, 0.3) is 0 Å². The SMILES string of the molecule is COC(C)OC[N+]1([O-])C=NNC1. The highest BCUT2D eigenvalue weighted by Crippen LogP contribution is 2.04. The van der Waals surface area contributed by atoms with Crippen molar-refractivity contribution in [3.63, 3.8) is 0 Å². The number of quaternary nitrogens is 1. The fourth-order valence-corrected chi connectivity index (χ4v) is 0.726. The quantitative estimate of drug-likeness (QED) is 0.364. The number of nitrogens with one attached hydrogen (secondary N) is 1. The molecule has 1 heterocycles. The van der Waals surface area contributed by atoms with Gasteiger partial charge in [0.1, 0.15) is 0 Å². The summed E-state index contributed by atoms with van der Waals surface area (Å²) in [5.74, 6) is 0. The normalized spacial score (nSPS) is 30.2. The van der Waals surface area contributed by atoms with E-state index in [-0.39, 0.29) is 19.7 Å². The highest BCUT2D eigenvalue weighted by atomic mass is 16.7. The Kier molecular flexibility index (Phi) is 2.99. The van der Waals surface area contributed by atoms with E-state index >= 15 is 0 Å². The first-order valence-electron chi connectivity index (χ1n) is 3.65. The molecule has 6 nitrogen and oxygen atoms in total. The number of rotatable bonds is 4. The summed E-state index contributed by atoms with van der Waals surface area (Å²) >= 11 is 0. The van der Waals surface area contributed by atoms with E-state index in [0.717, 1.165) is 0 Å². The zero-order valence-electron chi connectivity index (χ0n) is 7.19. The van der Waals surface area contributed by atoms with Crippen LogP contribution >= 0.6 is 0 Å². The molecule has 0 radical (unpaired) electrons. The molecular weight excluding hydrogens is 162 g/mol. The molecule has 2 atom stereocenters. The van der Waals surface area contributed by atoms with Crippen molar-refractivity contribution < 1.29 is 14.1 Å². The molecule has 6 heteroatoms. The molecule has 2 unspecified atom stereocenters. The molecule has 0 bridgehead atoms. The van der Waals surface area contributed by atoms with E-state index in [0.29, 0.717) is 0 Å². The van der Waals surface area contributed by atoms with Gasteiger partial charge in [-0.25, -0.2) is 0 Å². The average molecular weight is 175 g/mol. The summed E-state index contributed by atoms with van der Waals surface area (Å²) in [5, 5.41) is 15.1. The van der Waals surface area contributed by atoms with Crippen LogP contribution in [0.4, 0.5) is 0 Å². The second-order valence-corrected chi connectivity index (χ2v) is 2.61. The van der Waals surface area contributed by atoms with Crippen molar-refractivity contribution >= 4 is 6.34 Å². The Balaban J connectivity index is 2.26. The lowest BCUT2D eigenvalue weighted by atomic mass is 10.7. The summed E-state index contributed by atoms with van der Waals surface area (Å²) in [4.78, 5) is 0. The molecule has 0 aromatic rings. The minimum absolute atomic E-state index is 0.0194. The van der Waals surface area contributed by atoms with Gasteiger partial charge < -0.3 is 14.7 Å². The minimum Gasteiger partial charge on any atom is -0.624 e. The van der Waals surface area contributed by atoms with E-state index in [1.807, 2.05) is 0 Å². The number of hydrogen-bond donors (Lipinski definition) is 1. The van der Waals surface area contributed by atoms with E-state index < -0.39 is 4.65 Å². The molecule has 0 aliphatic carbocycles. The zero-order valence-corrected chi connectivity index (χ0v) is 7.19. The van der Waals surface area contributed by atoms with Gasteiger partial charge in [-0.1, -0.05) is 0 Å². The van der Waals surface area contributed by atoms with Crippen molar-refractivity contribution in [2.75, 3.05) is 20.5 Å². The van der Waals surface area contributed by atoms with Crippen molar-refractivity contribution in [3.8, 4) is 0 Å². The molecule has 1 N–H and O–H groups in total. The number of hydrogen-bond acceptors (Lipinski definition) is 5. The van der Waals surface area contributed by atoms with Gasteiger partial charge in [-0.05, 0) is 6.92 Å². The predicted molar refractivity (Wildman–Crippen MR) is 42.5 cm³/mol. The molecule has 0 amide bonds. The van der Waals surface area contributed by atoms with Crippen LogP contribution in [-0.2, 0) is 9.47 Å². The van der Waals surface area contributed by atoms with Gasteiger partial charge in [-0.15, -0.1) is 5.10 Å². The molecule has 0 aromatic carbocycles. The van der Waals surface area contributed by atoms with Crippen LogP contribution in [-0.4, -0.2) is 37.8 Å². The summed E-state index contributed by atoms with van der Waals surface area (Å²) in [7, 11) is 1.52. The third-order valence-electron chi connectivity index (χ3n) is 1.56. The van der Waals surface area contributed by atoms with Crippen LogP contribution in [0, 0.1) is 5.21 Å². The predicted octanol–water partition coefficient (Wildman–Crippen LogP) is -0.229. The number of hydrazone groups is 1. The van der Waals surface area contributed by atoms with Gasteiger partial charge in [0, 0.05) is 7.11 Å². The first-order valence-corrected chi connectivity index (χ1v) is 3.65. The zero-order chi connectivity index (χ0) is 9.03. The van der Waals surface area contributed by atoms with E-state index in [9.17, 15) is 5.21 Å². The van der Waals surface area contributed by atoms with Crippen molar-refractivity contribution in [3.05, 3.63) is 5.21 Å². The van der Waals surface area contributed by atoms with Crippen molar-refractivity contribution in [1.82, 2.24) is 5.43 Å². The molecule has 0 saturated carbocycles. The van der Waals surface area contributed by atoms with Gasteiger partial charge in [0.25, 0.3) is 0 Å². The standard InChI is InChI=1S/C6H13N3O3/c1-6(11-2)12-5-9(10)3-7-8-4-9/h3,6,8H,4-5H2,1-2H3. The summed E-state index contributed by atoms with van der Waals surface area (Å²) < 4.78 is 9.30. The van der Waals surface area contributed by atoms with Crippen molar-refractivity contribution in [2.24, 2.45) is 5.10 Å². The lowest BCUT2D eigenvalue weighted by Crippen LogP contribution is -2.43. The third kappa shape index (κ3) is 2.42. The summed E-state index contributed by atoms with van der Waals surface area (Å²) in [6.45, 7) is 1.97. The van der Waals surface area contributed by atoms with Gasteiger partial charge in [0.05, 0.1) is 0 Å². The Bertz CT molecular complexity index is 175. The first-order chi connectivity index (χ1) is 5.66. The van der Waals surface area contributed by atoms with Crippen molar-refractivity contribution in [2.45, 2.75) is 13.2 Å². The largest absolute Gasteiger partial charge is 0.624 e. The van der Waals surface area contributed by atoms with E-state index in [2.05, 4.69) is 10.5 Å². The van der Waals surface area contributed by atoms with E-state index in [1.54, 1.807) is 6.92 Å². The van der Waals surface area contributed by atoms with Gasteiger partial charge in [-0.2, -0.15) is 0 Å². The number of hydroxylamine groups is 3. The summed E-state index contributed by atoms with van der Waals surface area (Å²) in [6, 6.07) is 0. The molecule has 12 heavy (non-hydrogen) atoms. The van der Waals surface area contributed by atoms with Crippen LogP contribution < -0.4 is 5.43 Å². The van der Waals surface area contributed by atoms with Crippen LogP contribution in [0.3, 0.4) is 0 Å². The number of methoxy groups -OCH3 is 1. The highest BCUT2D eigenvalue weighted by molar-refractivity contribution is 5.47. The minimum atomic E-state index is -0.603. The van der Waals surface area contributed by atoms with Gasteiger partial charge in [0.15, 0.2) is 19.7 Å². The molecule has 1 aliphatic rings. The molecule has 0 spiro atoms. The summed E-state index contributed by atoms with van der Waals surface area (Å²) in [6.07, 6.45) is 0.908. The molecule has 0 aromatic heterocycles. The first kappa shape index (κ1) is 9.40. The lowest BCUT2D eigenvalue weighted by Gasteiger charge is -2.32. The van der Waals surface area contributed by atoms with Crippen LogP contribution in [0.15, 0.2) is 5.10 Å². The molecule has 1 rings (SSSR count). The van der Waals surface area contributed by atoms with Crippen LogP contribution in [0.1, 0.15) is 6.92 Å². The molecule has 0 saturated heterocycles. The molecular formula is C6H13N3O3.